The Balaban J connectivity index is 1.60. The summed E-state index contributed by atoms with van der Waals surface area (Å²) in [4.78, 5) is 22.3. The number of aliphatic carboxylic acids is 1. The monoisotopic (exact) mass is 314 g/mol. The van der Waals surface area contributed by atoms with Crippen molar-refractivity contribution < 1.29 is 24.2 Å². The standard InChI is InChI=1S/C15H26N2O5/c1-14(2,3)22-13(20)17-9-4-15(5-9)6-10(7-15)21-8-11(16)12(18)19/h9-11H,4-8,16H2,1-3H3,(H,17,20)(H,18,19)/t9?,10?,11-,15?/m0/s1. The molecule has 0 radical (unpaired) electrons. The highest BCUT2D eigenvalue weighted by Gasteiger charge is 2.53. The van der Waals surface area contributed by atoms with Crippen LogP contribution in [-0.2, 0) is 14.3 Å². The Morgan fingerprint density at radius 2 is 1.91 bits per heavy atom. The van der Waals surface area contributed by atoms with Crippen LogP contribution in [0, 0.1) is 5.41 Å². The van der Waals surface area contributed by atoms with Crippen LogP contribution in [0.3, 0.4) is 0 Å². The van der Waals surface area contributed by atoms with Crippen LogP contribution in [0.1, 0.15) is 46.5 Å². The lowest BCUT2D eigenvalue weighted by atomic mass is 9.53. The molecule has 2 fully saturated rings. The summed E-state index contributed by atoms with van der Waals surface area (Å²) >= 11 is 0. The summed E-state index contributed by atoms with van der Waals surface area (Å²) in [6.07, 6.45) is 3.39. The van der Waals surface area contributed by atoms with Crippen LogP contribution < -0.4 is 11.1 Å². The fourth-order valence-corrected chi connectivity index (χ4v) is 3.23. The maximum absolute atomic E-state index is 11.7. The minimum Gasteiger partial charge on any atom is -0.480 e. The van der Waals surface area contributed by atoms with Crippen molar-refractivity contribution in [2.45, 2.75) is 70.2 Å². The summed E-state index contributed by atoms with van der Waals surface area (Å²) < 4.78 is 10.7. The number of nitrogens with one attached hydrogen (secondary N) is 1. The Morgan fingerprint density at radius 3 is 2.41 bits per heavy atom. The van der Waals surface area contributed by atoms with Crippen LogP contribution >= 0.6 is 0 Å². The molecule has 0 bridgehead atoms. The maximum Gasteiger partial charge on any atom is 0.407 e. The molecular weight excluding hydrogens is 288 g/mol. The highest BCUT2D eigenvalue weighted by Crippen LogP contribution is 2.56. The maximum atomic E-state index is 11.7. The number of carboxylic acid groups (broad SMARTS) is 1. The molecule has 2 aliphatic carbocycles. The summed E-state index contributed by atoms with van der Waals surface area (Å²) in [6.45, 7) is 5.56. The molecular formula is C15H26N2O5. The minimum atomic E-state index is -1.04. The number of carbonyl (C=O) groups excluding carboxylic acids is 1. The summed E-state index contributed by atoms with van der Waals surface area (Å²) in [6, 6.07) is -0.795. The summed E-state index contributed by atoms with van der Waals surface area (Å²) in [5.74, 6) is -1.04. The average molecular weight is 314 g/mol. The molecule has 0 saturated heterocycles. The average Bonchev–Trinajstić information content (AvgIpc) is 2.25. The number of carbonyl (C=O) groups is 2. The van der Waals surface area contributed by atoms with Crippen molar-refractivity contribution in [1.29, 1.82) is 0 Å². The van der Waals surface area contributed by atoms with Crippen molar-refractivity contribution in [3.63, 3.8) is 0 Å². The second-order valence-corrected chi connectivity index (χ2v) is 7.56. The first-order chi connectivity index (χ1) is 10.1. The molecule has 7 heteroatoms. The van der Waals surface area contributed by atoms with Crippen LogP contribution in [0.4, 0.5) is 4.79 Å². The normalized spacial score (nSPS) is 31.8. The third-order valence-corrected chi connectivity index (χ3v) is 4.23. The molecule has 0 unspecified atom stereocenters. The van der Waals surface area contributed by atoms with Gasteiger partial charge in [-0.05, 0) is 51.9 Å². The minimum absolute atomic E-state index is 0.0513. The molecule has 0 aromatic rings. The highest BCUT2D eigenvalue weighted by molar-refractivity contribution is 5.73. The zero-order valence-corrected chi connectivity index (χ0v) is 13.4. The van der Waals surface area contributed by atoms with Gasteiger partial charge in [0.1, 0.15) is 11.6 Å². The lowest BCUT2D eigenvalue weighted by Crippen LogP contribution is -2.58. The summed E-state index contributed by atoms with van der Waals surface area (Å²) in [5.41, 5.74) is 5.16. The van der Waals surface area contributed by atoms with E-state index in [0.29, 0.717) is 0 Å². The number of ether oxygens (including phenoxy) is 2. The number of hydrogen-bond acceptors (Lipinski definition) is 5. The third-order valence-electron chi connectivity index (χ3n) is 4.23. The van der Waals surface area contributed by atoms with Crippen molar-refractivity contribution >= 4 is 12.1 Å². The predicted octanol–water partition coefficient (Wildman–Crippen LogP) is 1.25. The largest absolute Gasteiger partial charge is 0.480 e. The molecule has 4 N–H and O–H groups in total. The Labute approximate surface area is 130 Å². The van der Waals surface area contributed by atoms with E-state index in [2.05, 4.69) is 5.32 Å². The lowest BCUT2D eigenvalue weighted by molar-refractivity contribution is -0.148. The van der Waals surface area contributed by atoms with Crippen LogP contribution in [-0.4, -0.2) is 47.6 Å². The third kappa shape index (κ3) is 4.33. The predicted molar refractivity (Wildman–Crippen MR) is 79.4 cm³/mol. The van der Waals surface area contributed by atoms with E-state index in [1.807, 2.05) is 20.8 Å². The Morgan fingerprint density at radius 1 is 1.32 bits per heavy atom. The van der Waals surface area contributed by atoms with Gasteiger partial charge in [0.05, 0.1) is 12.7 Å². The summed E-state index contributed by atoms with van der Waals surface area (Å²) in [5, 5.41) is 11.6. The van der Waals surface area contributed by atoms with Gasteiger partial charge in [0, 0.05) is 6.04 Å². The van der Waals surface area contributed by atoms with Gasteiger partial charge in [-0.3, -0.25) is 4.79 Å². The van der Waals surface area contributed by atoms with Gasteiger partial charge < -0.3 is 25.6 Å². The van der Waals surface area contributed by atoms with E-state index in [1.165, 1.54) is 0 Å². The molecule has 1 spiro atoms. The number of rotatable bonds is 5. The number of amides is 1. The molecule has 2 rings (SSSR count). The van der Waals surface area contributed by atoms with Gasteiger partial charge in [-0.1, -0.05) is 0 Å². The fraction of sp³-hybridized carbons (Fsp3) is 0.867. The van der Waals surface area contributed by atoms with Gasteiger partial charge >= 0.3 is 12.1 Å². The van der Waals surface area contributed by atoms with E-state index >= 15 is 0 Å². The quantitative estimate of drug-likeness (QED) is 0.704. The first-order valence-electron chi connectivity index (χ1n) is 7.68. The molecule has 126 valence electrons. The Hall–Kier alpha value is -1.34. The zero-order valence-electron chi connectivity index (χ0n) is 13.4. The molecule has 2 aliphatic rings. The highest BCUT2D eigenvalue weighted by atomic mass is 16.6. The molecule has 0 aromatic carbocycles. The van der Waals surface area contributed by atoms with Crippen LogP contribution in [0.25, 0.3) is 0 Å². The van der Waals surface area contributed by atoms with Crippen LogP contribution in [0.2, 0.25) is 0 Å². The van der Waals surface area contributed by atoms with Gasteiger partial charge in [0.25, 0.3) is 0 Å². The molecule has 22 heavy (non-hydrogen) atoms. The number of nitrogens with two attached hydrogens (primary N) is 1. The molecule has 1 atom stereocenters. The summed E-state index contributed by atoms with van der Waals surface area (Å²) in [7, 11) is 0. The zero-order chi connectivity index (χ0) is 16.5. The SMILES string of the molecule is CC(C)(C)OC(=O)NC1CC2(C1)CC(OC[C@H](N)C(=O)O)C2. The van der Waals surface area contributed by atoms with Crippen molar-refractivity contribution in [1.82, 2.24) is 5.32 Å². The van der Waals surface area contributed by atoms with E-state index in [9.17, 15) is 9.59 Å². The van der Waals surface area contributed by atoms with E-state index in [4.69, 9.17) is 20.3 Å². The van der Waals surface area contributed by atoms with Gasteiger partial charge in [-0.15, -0.1) is 0 Å². The number of alkyl carbamates (subject to hydrolysis) is 1. The molecule has 7 nitrogen and oxygen atoms in total. The Bertz CT molecular complexity index is 432. The number of hydrogen-bond donors (Lipinski definition) is 3. The van der Waals surface area contributed by atoms with E-state index in [0.717, 1.165) is 25.7 Å². The molecule has 0 aromatic heterocycles. The van der Waals surface area contributed by atoms with E-state index < -0.39 is 17.6 Å². The smallest absolute Gasteiger partial charge is 0.407 e. The number of carboxylic acids is 1. The van der Waals surface area contributed by atoms with Crippen molar-refractivity contribution in [2.75, 3.05) is 6.61 Å². The molecule has 2 saturated carbocycles. The van der Waals surface area contributed by atoms with Crippen molar-refractivity contribution in [3.05, 3.63) is 0 Å². The topological polar surface area (TPSA) is 111 Å². The lowest BCUT2D eigenvalue weighted by Gasteiger charge is -2.57. The first kappa shape index (κ1) is 17.0. The van der Waals surface area contributed by atoms with Gasteiger partial charge in [-0.2, -0.15) is 0 Å². The van der Waals surface area contributed by atoms with Crippen LogP contribution in [0.15, 0.2) is 0 Å². The second-order valence-electron chi connectivity index (χ2n) is 7.56. The second kappa shape index (κ2) is 6.04. The van der Waals surface area contributed by atoms with Gasteiger partial charge in [0.15, 0.2) is 0 Å². The molecule has 1 amide bonds. The van der Waals surface area contributed by atoms with Gasteiger partial charge in [-0.25, -0.2) is 4.79 Å². The molecule has 0 heterocycles. The first-order valence-corrected chi connectivity index (χ1v) is 7.68. The van der Waals surface area contributed by atoms with E-state index in [1.54, 1.807) is 0 Å². The van der Waals surface area contributed by atoms with Crippen molar-refractivity contribution in [2.24, 2.45) is 11.1 Å². The molecule has 0 aliphatic heterocycles. The van der Waals surface area contributed by atoms with Gasteiger partial charge in [0.2, 0.25) is 0 Å². The van der Waals surface area contributed by atoms with E-state index in [-0.39, 0.29) is 30.3 Å². The van der Waals surface area contributed by atoms with Crippen molar-refractivity contribution in [3.8, 4) is 0 Å². The fourth-order valence-electron chi connectivity index (χ4n) is 3.23. The van der Waals surface area contributed by atoms with Crippen LogP contribution in [0.5, 0.6) is 0 Å². The Kier molecular flexibility index (Phi) is 4.67.